The van der Waals surface area contributed by atoms with Gasteiger partial charge in [0, 0.05) is 17.6 Å². The van der Waals surface area contributed by atoms with Crippen LogP contribution in [0.2, 0.25) is 0 Å². The third-order valence-corrected chi connectivity index (χ3v) is 6.01. The Hall–Kier alpha value is -1.40. The summed E-state index contributed by atoms with van der Waals surface area (Å²) in [6.07, 6.45) is 8.28. The molecule has 1 aromatic carbocycles. The van der Waals surface area contributed by atoms with Crippen LogP contribution in [0.25, 0.3) is 0 Å². The highest BCUT2D eigenvalue weighted by atomic mass is 32.2. The fourth-order valence-corrected chi connectivity index (χ4v) is 4.34. The van der Waals surface area contributed by atoms with Crippen molar-refractivity contribution >= 4 is 15.9 Å². The lowest BCUT2D eigenvalue weighted by atomic mass is 10.1. The maximum absolute atomic E-state index is 12.6. The minimum absolute atomic E-state index is 0.00597. The molecule has 0 unspecified atom stereocenters. The van der Waals surface area contributed by atoms with Crippen molar-refractivity contribution < 1.29 is 13.2 Å². The molecule has 0 aromatic heterocycles. The predicted molar refractivity (Wildman–Crippen MR) is 88.7 cm³/mol. The average Bonchev–Trinajstić information content (AvgIpc) is 3.35. The number of rotatable bonds is 5. The van der Waals surface area contributed by atoms with Gasteiger partial charge in [-0.25, -0.2) is 13.1 Å². The molecule has 0 radical (unpaired) electrons. The Bertz CT molecular complexity index is 660. The second-order valence-corrected chi connectivity index (χ2v) is 8.30. The van der Waals surface area contributed by atoms with Gasteiger partial charge in [-0.15, -0.1) is 0 Å². The summed E-state index contributed by atoms with van der Waals surface area (Å²) in [5.41, 5.74) is 0.403. The number of carbonyl (C=O) groups is 1. The summed E-state index contributed by atoms with van der Waals surface area (Å²) in [5, 5.41) is 2.88. The van der Waals surface area contributed by atoms with Crippen LogP contribution in [-0.2, 0) is 10.0 Å². The van der Waals surface area contributed by atoms with Gasteiger partial charge < -0.3 is 5.32 Å². The van der Waals surface area contributed by atoms with Crippen LogP contribution in [0.1, 0.15) is 61.7 Å². The minimum Gasteiger partial charge on any atom is -0.349 e. The minimum atomic E-state index is -3.57. The number of amides is 1. The van der Waals surface area contributed by atoms with Gasteiger partial charge in [0.1, 0.15) is 0 Å². The summed E-state index contributed by atoms with van der Waals surface area (Å²) >= 11 is 0. The van der Waals surface area contributed by atoms with Crippen LogP contribution in [0.4, 0.5) is 0 Å². The van der Waals surface area contributed by atoms with E-state index >= 15 is 0 Å². The van der Waals surface area contributed by atoms with E-state index in [1.54, 1.807) is 18.2 Å². The Morgan fingerprint density at radius 1 is 0.957 bits per heavy atom. The maximum Gasteiger partial charge on any atom is 0.251 e. The van der Waals surface area contributed by atoms with Gasteiger partial charge in [-0.1, -0.05) is 31.7 Å². The largest absolute Gasteiger partial charge is 0.349 e. The van der Waals surface area contributed by atoms with E-state index in [2.05, 4.69) is 10.0 Å². The van der Waals surface area contributed by atoms with Crippen molar-refractivity contribution in [2.45, 2.75) is 68.3 Å². The Kier molecular flexibility index (Phi) is 5.02. The summed E-state index contributed by atoms with van der Waals surface area (Å²) in [6, 6.07) is 6.56. The zero-order valence-corrected chi connectivity index (χ0v) is 14.1. The lowest BCUT2D eigenvalue weighted by Crippen LogP contribution is -2.34. The molecule has 2 aliphatic carbocycles. The standard InChI is InChI=1S/C17H24N2O3S/c20-17(18-14-10-11-14)13-6-5-9-16(12-13)23(21,22)19-15-7-3-1-2-4-8-15/h5-6,9,12,14-15,19H,1-4,7-8,10-11H2,(H,18,20). The van der Waals surface area contributed by atoms with Crippen LogP contribution >= 0.6 is 0 Å². The van der Waals surface area contributed by atoms with Crippen molar-refractivity contribution in [2.75, 3.05) is 0 Å². The summed E-state index contributed by atoms with van der Waals surface area (Å²) in [7, 11) is -3.57. The van der Waals surface area contributed by atoms with Crippen molar-refractivity contribution in [1.29, 1.82) is 0 Å². The van der Waals surface area contributed by atoms with E-state index in [0.29, 0.717) is 5.56 Å². The van der Waals surface area contributed by atoms with Crippen LogP contribution in [0.15, 0.2) is 29.2 Å². The summed E-state index contributed by atoms with van der Waals surface area (Å²) in [4.78, 5) is 12.3. The molecule has 23 heavy (non-hydrogen) atoms. The number of benzene rings is 1. The second kappa shape index (κ2) is 7.01. The molecule has 126 valence electrons. The molecular formula is C17H24N2O3S. The molecule has 0 bridgehead atoms. The molecule has 0 saturated heterocycles. The number of carbonyl (C=O) groups excluding carboxylic acids is 1. The van der Waals surface area contributed by atoms with Crippen LogP contribution < -0.4 is 10.0 Å². The molecule has 3 rings (SSSR count). The molecule has 5 nitrogen and oxygen atoms in total. The summed E-state index contributed by atoms with van der Waals surface area (Å²) < 4.78 is 28.0. The molecule has 0 atom stereocenters. The van der Waals surface area contributed by atoms with Crippen LogP contribution in [-0.4, -0.2) is 26.4 Å². The topological polar surface area (TPSA) is 75.3 Å². The fourth-order valence-electron chi connectivity index (χ4n) is 2.99. The number of hydrogen-bond acceptors (Lipinski definition) is 3. The molecule has 0 spiro atoms. The average molecular weight is 336 g/mol. The first-order chi connectivity index (χ1) is 11.0. The van der Waals surface area contributed by atoms with Crippen molar-refractivity contribution in [2.24, 2.45) is 0 Å². The zero-order chi connectivity index (χ0) is 16.3. The molecule has 2 fully saturated rings. The quantitative estimate of drug-likeness (QED) is 0.812. The first kappa shape index (κ1) is 16.5. The molecule has 0 aliphatic heterocycles. The summed E-state index contributed by atoms with van der Waals surface area (Å²) in [6.45, 7) is 0. The van der Waals surface area contributed by atoms with Gasteiger partial charge in [0.25, 0.3) is 5.91 Å². The number of nitrogens with one attached hydrogen (secondary N) is 2. The van der Waals surface area contributed by atoms with E-state index in [1.165, 1.54) is 18.9 Å². The number of hydrogen-bond donors (Lipinski definition) is 2. The molecular weight excluding hydrogens is 312 g/mol. The molecule has 2 saturated carbocycles. The lowest BCUT2D eigenvalue weighted by Gasteiger charge is -2.16. The van der Waals surface area contributed by atoms with E-state index in [0.717, 1.165) is 38.5 Å². The van der Waals surface area contributed by atoms with E-state index in [4.69, 9.17) is 0 Å². The van der Waals surface area contributed by atoms with Gasteiger partial charge in [0.05, 0.1) is 4.90 Å². The molecule has 1 aromatic rings. The van der Waals surface area contributed by atoms with Crippen LogP contribution in [0.3, 0.4) is 0 Å². The van der Waals surface area contributed by atoms with Crippen molar-refractivity contribution in [3.63, 3.8) is 0 Å². The first-order valence-electron chi connectivity index (χ1n) is 8.48. The molecule has 2 N–H and O–H groups in total. The van der Waals surface area contributed by atoms with Crippen molar-refractivity contribution in [3.8, 4) is 0 Å². The molecule has 0 heterocycles. The van der Waals surface area contributed by atoms with Gasteiger partial charge in [0.2, 0.25) is 10.0 Å². The molecule has 1 amide bonds. The van der Waals surface area contributed by atoms with Gasteiger partial charge in [-0.05, 0) is 43.9 Å². The monoisotopic (exact) mass is 336 g/mol. The smallest absolute Gasteiger partial charge is 0.251 e. The Labute approximate surface area is 137 Å². The number of sulfonamides is 1. The second-order valence-electron chi connectivity index (χ2n) is 6.59. The van der Waals surface area contributed by atoms with E-state index in [9.17, 15) is 13.2 Å². The highest BCUT2D eigenvalue weighted by molar-refractivity contribution is 7.89. The van der Waals surface area contributed by atoms with Gasteiger partial charge in [0.15, 0.2) is 0 Å². The van der Waals surface area contributed by atoms with E-state index in [1.807, 2.05) is 0 Å². The summed E-state index contributed by atoms with van der Waals surface area (Å²) in [5.74, 6) is -0.195. The lowest BCUT2D eigenvalue weighted by molar-refractivity contribution is 0.0951. The highest BCUT2D eigenvalue weighted by Gasteiger charge is 2.25. The predicted octanol–water partition coefficient (Wildman–Crippen LogP) is 2.58. The van der Waals surface area contributed by atoms with Gasteiger partial charge in [-0.2, -0.15) is 0 Å². The third kappa shape index (κ3) is 4.54. The van der Waals surface area contributed by atoms with E-state index in [-0.39, 0.29) is 22.9 Å². The zero-order valence-electron chi connectivity index (χ0n) is 13.3. The van der Waals surface area contributed by atoms with Crippen molar-refractivity contribution in [3.05, 3.63) is 29.8 Å². The Balaban J connectivity index is 1.72. The van der Waals surface area contributed by atoms with Crippen LogP contribution in [0.5, 0.6) is 0 Å². The normalized spacial score (nSPS) is 20.0. The first-order valence-corrected chi connectivity index (χ1v) is 9.96. The van der Waals surface area contributed by atoms with E-state index < -0.39 is 10.0 Å². The highest BCUT2D eigenvalue weighted by Crippen LogP contribution is 2.21. The van der Waals surface area contributed by atoms with Crippen molar-refractivity contribution in [1.82, 2.24) is 10.0 Å². The fraction of sp³-hybridized carbons (Fsp3) is 0.588. The molecule has 6 heteroatoms. The van der Waals surface area contributed by atoms with Crippen LogP contribution in [0, 0.1) is 0 Å². The Morgan fingerprint density at radius 3 is 2.30 bits per heavy atom. The van der Waals surface area contributed by atoms with Gasteiger partial charge in [-0.3, -0.25) is 4.79 Å². The Morgan fingerprint density at radius 2 is 1.65 bits per heavy atom. The SMILES string of the molecule is O=C(NC1CC1)c1cccc(S(=O)(=O)NC2CCCCCC2)c1. The molecule has 2 aliphatic rings. The maximum atomic E-state index is 12.6. The van der Waals surface area contributed by atoms with Gasteiger partial charge >= 0.3 is 0 Å². The third-order valence-electron chi connectivity index (χ3n) is 4.50.